The van der Waals surface area contributed by atoms with E-state index in [0.29, 0.717) is 57.5 Å². The number of nitrogens with one attached hydrogen (secondary N) is 1. The number of carbonyl (C=O) groups is 2. The smallest absolute Gasteiger partial charge is 0.412 e. The van der Waals surface area contributed by atoms with Gasteiger partial charge >= 0.3 is 6.09 Å². The summed E-state index contributed by atoms with van der Waals surface area (Å²) in [5, 5.41) is 9.75. The van der Waals surface area contributed by atoms with Crippen molar-refractivity contribution in [2.24, 2.45) is 0 Å². The SMILES string of the molecule is Cc1nc(-c2ccnc(NC(=O)OCCN3CCOCC3)c2)nn1CCN(C(=O)Cc1cccc2ccccc12)C1CCCC1. The highest BCUT2D eigenvalue weighted by atomic mass is 16.5. The number of nitrogens with zero attached hydrogens (tertiary/aromatic N) is 6. The van der Waals surface area contributed by atoms with Gasteiger partial charge < -0.3 is 14.4 Å². The van der Waals surface area contributed by atoms with Crippen molar-refractivity contribution in [3.05, 3.63) is 72.2 Å². The van der Waals surface area contributed by atoms with E-state index in [-0.39, 0.29) is 11.9 Å². The second-order valence-electron chi connectivity index (χ2n) is 11.7. The summed E-state index contributed by atoms with van der Waals surface area (Å²) in [5.41, 5.74) is 1.79. The van der Waals surface area contributed by atoms with E-state index in [9.17, 15) is 9.59 Å². The van der Waals surface area contributed by atoms with Crippen molar-refractivity contribution in [2.45, 2.75) is 51.6 Å². The molecular formula is C34H41N7O4. The van der Waals surface area contributed by atoms with Crippen molar-refractivity contribution >= 4 is 28.6 Å². The number of amides is 2. The fraction of sp³-hybridized carbons (Fsp3) is 0.441. The van der Waals surface area contributed by atoms with Gasteiger partial charge in [0.15, 0.2) is 5.82 Å². The van der Waals surface area contributed by atoms with Gasteiger partial charge in [-0.3, -0.25) is 15.0 Å². The molecule has 1 saturated heterocycles. The van der Waals surface area contributed by atoms with Crippen molar-refractivity contribution in [3.8, 4) is 11.4 Å². The van der Waals surface area contributed by atoms with Crippen molar-refractivity contribution in [1.82, 2.24) is 29.5 Å². The number of hydrogen-bond acceptors (Lipinski definition) is 8. The van der Waals surface area contributed by atoms with Crippen molar-refractivity contribution in [3.63, 3.8) is 0 Å². The van der Waals surface area contributed by atoms with Crippen LogP contribution in [0, 0.1) is 6.92 Å². The fourth-order valence-electron chi connectivity index (χ4n) is 6.27. The molecule has 6 rings (SSSR count). The van der Waals surface area contributed by atoms with Gasteiger partial charge in [0.05, 0.1) is 26.2 Å². The number of fused-ring (bicyclic) bond motifs is 1. The number of carbonyl (C=O) groups excluding carboxylic acids is 2. The Balaban J connectivity index is 1.08. The molecule has 1 aliphatic heterocycles. The summed E-state index contributed by atoms with van der Waals surface area (Å²) in [4.78, 5) is 39.4. The van der Waals surface area contributed by atoms with Gasteiger partial charge in [0, 0.05) is 44.0 Å². The molecule has 236 valence electrons. The normalized spacial score (nSPS) is 15.8. The predicted octanol–water partition coefficient (Wildman–Crippen LogP) is 4.70. The lowest BCUT2D eigenvalue weighted by Gasteiger charge is -2.29. The summed E-state index contributed by atoms with van der Waals surface area (Å²) in [7, 11) is 0. The highest BCUT2D eigenvalue weighted by molar-refractivity contribution is 5.90. The molecule has 0 atom stereocenters. The average molecular weight is 612 g/mol. The van der Waals surface area contributed by atoms with Gasteiger partial charge in [-0.2, -0.15) is 5.10 Å². The summed E-state index contributed by atoms with van der Waals surface area (Å²) in [6.45, 7) is 7.07. The van der Waals surface area contributed by atoms with Gasteiger partial charge in [-0.1, -0.05) is 55.3 Å². The van der Waals surface area contributed by atoms with E-state index in [2.05, 4.69) is 49.4 Å². The summed E-state index contributed by atoms with van der Waals surface area (Å²) in [6, 6.07) is 18.2. The first-order chi connectivity index (χ1) is 22.0. The lowest BCUT2D eigenvalue weighted by atomic mass is 10.0. The Kier molecular flexibility index (Phi) is 9.96. The molecule has 0 spiro atoms. The van der Waals surface area contributed by atoms with E-state index in [4.69, 9.17) is 14.6 Å². The number of aryl methyl sites for hydroxylation is 1. The number of rotatable bonds is 11. The fourth-order valence-corrected chi connectivity index (χ4v) is 6.27. The number of morpholine rings is 1. The van der Waals surface area contributed by atoms with Crippen LogP contribution < -0.4 is 5.32 Å². The van der Waals surface area contributed by atoms with Gasteiger partial charge in [0.2, 0.25) is 5.91 Å². The van der Waals surface area contributed by atoms with E-state index >= 15 is 0 Å². The van der Waals surface area contributed by atoms with Gasteiger partial charge in [-0.25, -0.2) is 19.4 Å². The molecule has 2 aromatic heterocycles. The van der Waals surface area contributed by atoms with Crippen LogP contribution in [0.4, 0.5) is 10.6 Å². The molecule has 45 heavy (non-hydrogen) atoms. The maximum atomic E-state index is 13.8. The first kappa shape index (κ1) is 30.7. The van der Waals surface area contributed by atoms with Crippen LogP contribution in [0.5, 0.6) is 0 Å². The topological polar surface area (TPSA) is 115 Å². The Morgan fingerprint density at radius 1 is 1.04 bits per heavy atom. The van der Waals surface area contributed by atoms with Crippen LogP contribution in [0.1, 0.15) is 37.1 Å². The molecule has 2 amide bonds. The number of hydrogen-bond donors (Lipinski definition) is 1. The highest BCUT2D eigenvalue weighted by Crippen LogP contribution is 2.26. The van der Waals surface area contributed by atoms with E-state index in [1.165, 1.54) is 0 Å². The zero-order chi connectivity index (χ0) is 31.0. The monoisotopic (exact) mass is 611 g/mol. The second kappa shape index (κ2) is 14.6. The standard InChI is InChI=1S/C34H41N7O4/c1-25-36-33(28-13-14-35-31(23-28)37-34(43)45-22-19-39-17-20-44-21-18-39)38-41(25)16-15-40(29-10-3-4-11-29)32(42)24-27-9-6-8-26-7-2-5-12-30(26)27/h2,5-9,12-14,23,29H,3-4,10-11,15-22,24H2,1H3,(H,35,37,43). The number of aromatic nitrogens is 4. The van der Waals surface area contributed by atoms with Crippen LogP contribution in [-0.4, -0.2) is 93.6 Å². The Morgan fingerprint density at radius 3 is 2.69 bits per heavy atom. The first-order valence-corrected chi connectivity index (χ1v) is 15.9. The third-order valence-electron chi connectivity index (χ3n) is 8.71. The third-order valence-corrected chi connectivity index (χ3v) is 8.71. The predicted molar refractivity (Wildman–Crippen MR) is 172 cm³/mol. The van der Waals surface area contributed by atoms with Crippen LogP contribution in [-0.2, 0) is 27.2 Å². The molecule has 0 bridgehead atoms. The molecule has 3 heterocycles. The molecule has 11 heteroatoms. The number of benzene rings is 2. The molecule has 1 N–H and O–H groups in total. The van der Waals surface area contributed by atoms with E-state index < -0.39 is 6.09 Å². The number of pyridine rings is 1. The van der Waals surface area contributed by atoms with Gasteiger partial charge in [0.1, 0.15) is 18.2 Å². The minimum absolute atomic E-state index is 0.151. The number of anilines is 1. The molecule has 4 aromatic rings. The lowest BCUT2D eigenvalue weighted by Crippen LogP contribution is -2.42. The van der Waals surface area contributed by atoms with Crippen LogP contribution in [0.25, 0.3) is 22.2 Å². The average Bonchev–Trinajstić information content (AvgIpc) is 3.72. The summed E-state index contributed by atoms with van der Waals surface area (Å²) in [5.74, 6) is 1.81. The Bertz CT molecular complexity index is 1610. The third kappa shape index (κ3) is 7.84. The molecule has 1 saturated carbocycles. The molecule has 1 aliphatic carbocycles. The summed E-state index contributed by atoms with van der Waals surface area (Å²) < 4.78 is 12.6. The van der Waals surface area contributed by atoms with E-state index in [0.717, 1.165) is 66.5 Å². The molecule has 2 aromatic carbocycles. The maximum absolute atomic E-state index is 13.8. The van der Waals surface area contributed by atoms with Crippen LogP contribution in [0.15, 0.2) is 60.8 Å². The molecule has 0 radical (unpaired) electrons. The molecule has 2 fully saturated rings. The molecule has 0 unspecified atom stereocenters. The van der Waals surface area contributed by atoms with Crippen LogP contribution in [0.2, 0.25) is 0 Å². The minimum Gasteiger partial charge on any atom is -0.448 e. The minimum atomic E-state index is -0.553. The van der Waals surface area contributed by atoms with Crippen molar-refractivity contribution in [1.29, 1.82) is 0 Å². The Labute approximate surface area is 263 Å². The first-order valence-electron chi connectivity index (χ1n) is 15.9. The van der Waals surface area contributed by atoms with Crippen LogP contribution in [0.3, 0.4) is 0 Å². The van der Waals surface area contributed by atoms with Gasteiger partial charge in [0.25, 0.3) is 0 Å². The summed E-state index contributed by atoms with van der Waals surface area (Å²) in [6.07, 6.45) is 5.80. The molecule has 2 aliphatic rings. The second-order valence-corrected chi connectivity index (χ2v) is 11.7. The zero-order valence-corrected chi connectivity index (χ0v) is 25.9. The largest absolute Gasteiger partial charge is 0.448 e. The van der Waals surface area contributed by atoms with Crippen LogP contribution >= 0.6 is 0 Å². The van der Waals surface area contributed by atoms with Crippen molar-refractivity contribution in [2.75, 3.05) is 51.3 Å². The quantitative estimate of drug-likeness (QED) is 0.260. The van der Waals surface area contributed by atoms with Gasteiger partial charge in [-0.05, 0) is 48.2 Å². The van der Waals surface area contributed by atoms with Gasteiger partial charge in [-0.15, -0.1) is 0 Å². The van der Waals surface area contributed by atoms with Crippen molar-refractivity contribution < 1.29 is 19.1 Å². The molecular weight excluding hydrogens is 570 g/mol. The number of ether oxygens (including phenoxy) is 2. The zero-order valence-electron chi connectivity index (χ0n) is 25.9. The molecule has 11 nitrogen and oxygen atoms in total. The Morgan fingerprint density at radius 2 is 1.84 bits per heavy atom. The Hall–Kier alpha value is -4.35. The van der Waals surface area contributed by atoms with E-state index in [1.807, 2.05) is 35.9 Å². The highest BCUT2D eigenvalue weighted by Gasteiger charge is 2.27. The summed E-state index contributed by atoms with van der Waals surface area (Å²) >= 11 is 0. The lowest BCUT2D eigenvalue weighted by molar-refractivity contribution is -0.132. The van der Waals surface area contributed by atoms with E-state index in [1.54, 1.807) is 12.3 Å². The maximum Gasteiger partial charge on any atom is 0.412 e.